The van der Waals surface area contributed by atoms with E-state index in [1.165, 1.54) is 0 Å². The van der Waals surface area contributed by atoms with E-state index >= 15 is 0 Å². The number of rotatable bonds is 2. The molecular formula is C10H19N2O2. The number of carbonyl (C=O) groups is 1. The fourth-order valence-corrected chi connectivity index (χ4v) is 1.55. The minimum absolute atomic E-state index is 0.0650. The van der Waals surface area contributed by atoms with E-state index in [0.717, 1.165) is 13.0 Å². The van der Waals surface area contributed by atoms with Crippen LogP contribution in [0.4, 0.5) is 0 Å². The summed E-state index contributed by atoms with van der Waals surface area (Å²) in [6.07, 6.45) is 0.727. The number of hydrogen-bond donors (Lipinski definition) is 1. The maximum atomic E-state index is 11.7. The lowest BCUT2D eigenvalue weighted by Gasteiger charge is -2.24. The van der Waals surface area contributed by atoms with Crippen molar-refractivity contribution < 1.29 is 9.53 Å². The molecule has 1 heterocycles. The molecule has 2 atom stereocenters. The van der Waals surface area contributed by atoms with Crippen LogP contribution in [0.2, 0.25) is 0 Å². The lowest BCUT2D eigenvalue weighted by Crippen LogP contribution is -2.41. The molecule has 1 aliphatic heterocycles. The molecule has 81 valence electrons. The van der Waals surface area contributed by atoms with Crippen LogP contribution in [0.3, 0.4) is 0 Å². The zero-order valence-corrected chi connectivity index (χ0v) is 9.33. The van der Waals surface area contributed by atoms with Crippen molar-refractivity contribution in [2.45, 2.75) is 39.0 Å². The normalized spacial score (nSPS) is 27.7. The lowest BCUT2D eigenvalue weighted by atomic mass is 10.1. The molecule has 1 radical (unpaired) electrons. The average Bonchev–Trinajstić information content (AvgIpc) is 2.47. The topological polar surface area (TPSA) is 52.4 Å². The Morgan fingerprint density at radius 1 is 1.50 bits per heavy atom. The minimum atomic E-state index is -0.405. The molecule has 1 N–H and O–H groups in total. The highest BCUT2D eigenvalue weighted by Crippen LogP contribution is 2.19. The minimum Gasteiger partial charge on any atom is -0.460 e. The molecule has 1 aliphatic rings. The third-order valence-electron chi connectivity index (χ3n) is 2.15. The number of carbonyl (C=O) groups excluding carboxylic acids is 1. The van der Waals surface area contributed by atoms with E-state index in [1.807, 2.05) is 27.8 Å². The fraction of sp³-hybridized carbons (Fsp3) is 0.900. The number of nitrogens with one attached hydrogen (secondary N) is 1. The van der Waals surface area contributed by atoms with Crippen molar-refractivity contribution in [1.29, 1.82) is 0 Å². The van der Waals surface area contributed by atoms with Gasteiger partial charge in [-0.2, -0.15) is 0 Å². The zero-order chi connectivity index (χ0) is 10.8. The SMILES string of the molecule is CNC1[N]CCC1C(=O)OC(C)(C)C. The van der Waals surface area contributed by atoms with Crippen LogP contribution in [0.25, 0.3) is 0 Å². The first kappa shape index (κ1) is 11.5. The predicted octanol–water partition coefficient (Wildman–Crippen LogP) is 0.498. The van der Waals surface area contributed by atoms with Crippen LogP contribution in [0.15, 0.2) is 0 Å². The highest BCUT2D eigenvalue weighted by molar-refractivity contribution is 5.74. The van der Waals surface area contributed by atoms with Gasteiger partial charge in [-0.05, 0) is 34.2 Å². The van der Waals surface area contributed by atoms with E-state index in [2.05, 4.69) is 10.6 Å². The first-order valence-corrected chi connectivity index (χ1v) is 5.01. The Bertz CT molecular complexity index is 211. The van der Waals surface area contributed by atoms with Crippen LogP contribution in [0, 0.1) is 5.92 Å². The van der Waals surface area contributed by atoms with E-state index in [4.69, 9.17) is 4.74 Å². The third-order valence-corrected chi connectivity index (χ3v) is 2.15. The van der Waals surface area contributed by atoms with Gasteiger partial charge < -0.3 is 10.1 Å². The summed E-state index contributed by atoms with van der Waals surface area (Å²) in [6, 6.07) is 0. The summed E-state index contributed by atoms with van der Waals surface area (Å²) in [5.74, 6) is -0.252. The Hall–Kier alpha value is -0.610. The highest BCUT2D eigenvalue weighted by atomic mass is 16.6. The average molecular weight is 199 g/mol. The molecule has 0 amide bonds. The van der Waals surface area contributed by atoms with Crippen LogP contribution in [0.5, 0.6) is 0 Å². The Morgan fingerprint density at radius 2 is 2.14 bits per heavy atom. The molecule has 4 heteroatoms. The van der Waals surface area contributed by atoms with E-state index in [1.54, 1.807) is 0 Å². The molecule has 0 aromatic heterocycles. The zero-order valence-electron chi connectivity index (χ0n) is 9.33. The molecule has 0 saturated carbocycles. The van der Waals surface area contributed by atoms with Gasteiger partial charge in [0.05, 0.1) is 12.1 Å². The second-order valence-electron chi connectivity index (χ2n) is 4.57. The van der Waals surface area contributed by atoms with Gasteiger partial charge in [0.25, 0.3) is 0 Å². The van der Waals surface area contributed by atoms with Gasteiger partial charge in [0.1, 0.15) is 5.60 Å². The lowest BCUT2D eigenvalue weighted by molar-refractivity contribution is -0.160. The molecule has 1 saturated heterocycles. The van der Waals surface area contributed by atoms with E-state index in [-0.39, 0.29) is 18.1 Å². The molecule has 1 rings (SSSR count). The molecule has 14 heavy (non-hydrogen) atoms. The molecule has 4 nitrogen and oxygen atoms in total. The van der Waals surface area contributed by atoms with Gasteiger partial charge in [0.15, 0.2) is 0 Å². The van der Waals surface area contributed by atoms with Gasteiger partial charge in [-0.25, -0.2) is 5.32 Å². The monoisotopic (exact) mass is 199 g/mol. The van der Waals surface area contributed by atoms with Crippen molar-refractivity contribution in [3.05, 3.63) is 0 Å². The standard InChI is InChI=1S/C10H19N2O2/c1-10(2,3)14-9(13)7-5-6-12-8(7)11-4/h7-8,11H,5-6H2,1-4H3. The summed E-state index contributed by atoms with van der Waals surface area (Å²) in [5, 5.41) is 7.29. The Balaban J connectivity index is 2.52. The highest BCUT2D eigenvalue weighted by Gasteiger charge is 2.35. The smallest absolute Gasteiger partial charge is 0.312 e. The molecule has 0 aromatic carbocycles. The van der Waals surface area contributed by atoms with Crippen molar-refractivity contribution in [3.8, 4) is 0 Å². The molecule has 1 fully saturated rings. The van der Waals surface area contributed by atoms with Crippen molar-refractivity contribution in [3.63, 3.8) is 0 Å². The van der Waals surface area contributed by atoms with Gasteiger partial charge in [0.2, 0.25) is 0 Å². The Morgan fingerprint density at radius 3 is 2.64 bits per heavy atom. The summed E-state index contributed by atoms with van der Waals surface area (Å²) in [5.41, 5.74) is -0.405. The van der Waals surface area contributed by atoms with Crippen LogP contribution < -0.4 is 10.6 Å². The maximum Gasteiger partial charge on any atom is 0.312 e. The summed E-state index contributed by atoms with van der Waals surface area (Å²) in [6.45, 7) is 6.39. The number of nitrogens with zero attached hydrogens (tertiary/aromatic N) is 1. The van der Waals surface area contributed by atoms with E-state index in [9.17, 15) is 4.79 Å². The fourth-order valence-electron chi connectivity index (χ4n) is 1.55. The third kappa shape index (κ3) is 2.96. The summed E-state index contributed by atoms with van der Waals surface area (Å²) in [7, 11) is 1.82. The molecule has 0 spiro atoms. The van der Waals surface area contributed by atoms with Crippen molar-refractivity contribution in [1.82, 2.24) is 10.6 Å². The number of hydrogen-bond acceptors (Lipinski definition) is 3. The number of esters is 1. The Kier molecular flexibility index (Phi) is 3.50. The summed E-state index contributed by atoms with van der Waals surface area (Å²) < 4.78 is 5.31. The second-order valence-corrected chi connectivity index (χ2v) is 4.57. The predicted molar refractivity (Wildman–Crippen MR) is 53.8 cm³/mol. The van der Waals surface area contributed by atoms with Crippen molar-refractivity contribution in [2.24, 2.45) is 5.92 Å². The summed E-state index contributed by atoms with van der Waals surface area (Å²) >= 11 is 0. The van der Waals surface area contributed by atoms with Crippen LogP contribution in [-0.4, -0.2) is 31.3 Å². The molecule has 0 aliphatic carbocycles. The van der Waals surface area contributed by atoms with Gasteiger partial charge in [-0.1, -0.05) is 0 Å². The largest absolute Gasteiger partial charge is 0.460 e. The Labute approximate surface area is 85.4 Å². The van der Waals surface area contributed by atoms with Crippen molar-refractivity contribution >= 4 is 5.97 Å². The molecule has 0 bridgehead atoms. The second kappa shape index (κ2) is 4.28. The first-order valence-electron chi connectivity index (χ1n) is 5.01. The maximum absolute atomic E-state index is 11.7. The van der Waals surface area contributed by atoms with Gasteiger partial charge in [-0.3, -0.25) is 4.79 Å². The quantitative estimate of drug-likeness (QED) is 0.659. The van der Waals surface area contributed by atoms with Crippen LogP contribution >= 0.6 is 0 Å². The first-order chi connectivity index (χ1) is 6.44. The molecular weight excluding hydrogens is 180 g/mol. The molecule has 0 aromatic rings. The van der Waals surface area contributed by atoms with Crippen LogP contribution in [-0.2, 0) is 9.53 Å². The van der Waals surface area contributed by atoms with E-state index < -0.39 is 5.60 Å². The molecule has 2 unspecified atom stereocenters. The van der Waals surface area contributed by atoms with Crippen LogP contribution in [0.1, 0.15) is 27.2 Å². The van der Waals surface area contributed by atoms with Crippen molar-refractivity contribution in [2.75, 3.05) is 13.6 Å². The van der Waals surface area contributed by atoms with E-state index in [0.29, 0.717) is 0 Å². The van der Waals surface area contributed by atoms with Gasteiger partial charge >= 0.3 is 5.97 Å². The number of ether oxygens (including phenoxy) is 1. The van der Waals surface area contributed by atoms with Gasteiger partial charge in [-0.15, -0.1) is 0 Å². The van der Waals surface area contributed by atoms with Gasteiger partial charge in [0, 0.05) is 6.54 Å². The summed E-state index contributed by atoms with van der Waals surface area (Å²) in [4.78, 5) is 11.7.